The molecule has 2 aromatic heterocycles. The van der Waals surface area contributed by atoms with Crippen LogP contribution in [0.25, 0.3) is 10.1 Å². The van der Waals surface area contributed by atoms with Crippen LogP contribution in [-0.4, -0.2) is 112 Å². The summed E-state index contributed by atoms with van der Waals surface area (Å²) in [7, 11) is 1.54. The van der Waals surface area contributed by atoms with Gasteiger partial charge in [-0.1, -0.05) is 108 Å². The highest BCUT2D eigenvalue weighted by atomic mass is 79.9. The number of aromatic nitrogens is 1. The minimum atomic E-state index is -1.39. The summed E-state index contributed by atoms with van der Waals surface area (Å²) >= 11 is 8.27. The van der Waals surface area contributed by atoms with E-state index in [0.29, 0.717) is 25.4 Å². The molecule has 2 fully saturated rings. The minimum absolute atomic E-state index is 0.00122. The number of halogens is 1. The molecule has 2 N–H and O–H groups in total. The van der Waals surface area contributed by atoms with E-state index in [9.17, 15) is 33.6 Å². The molecule has 2 saturated heterocycles. The molecule has 4 heterocycles. The molecule has 25 heteroatoms. The van der Waals surface area contributed by atoms with Crippen LogP contribution in [0.3, 0.4) is 0 Å². The van der Waals surface area contributed by atoms with E-state index in [1.165, 1.54) is 59.0 Å². The van der Waals surface area contributed by atoms with E-state index in [1.54, 1.807) is 92.0 Å². The van der Waals surface area contributed by atoms with Gasteiger partial charge in [-0.3, -0.25) is 19.2 Å². The van der Waals surface area contributed by atoms with Gasteiger partial charge in [0.25, 0.3) is 5.91 Å². The fraction of sp³-hybridized carbons (Fsp3) is 0.338. The van der Waals surface area contributed by atoms with Crippen molar-refractivity contribution < 1.29 is 66.8 Å². The Morgan fingerprint density at radius 1 is 0.767 bits per heavy atom. The van der Waals surface area contributed by atoms with E-state index < -0.39 is 87.3 Å². The number of nitrogens with one attached hydrogen (secondary N) is 2. The van der Waals surface area contributed by atoms with E-state index in [2.05, 4.69) is 31.7 Å². The Balaban J connectivity index is 0.994. The Morgan fingerprint density at radius 2 is 1.34 bits per heavy atom. The van der Waals surface area contributed by atoms with Gasteiger partial charge in [0.2, 0.25) is 12.5 Å². The number of benzene rings is 5. The number of hydrogen-bond donors (Lipinski definition) is 2. The third-order valence-electron chi connectivity index (χ3n) is 13.5. The number of amides is 2. The fourth-order valence-corrected chi connectivity index (χ4v) is 15.1. The van der Waals surface area contributed by atoms with Crippen molar-refractivity contribution in [1.29, 1.82) is 0 Å². The summed E-state index contributed by atoms with van der Waals surface area (Å²) in [5.41, 5.74) is -2.49. The van der Waals surface area contributed by atoms with Crippen molar-refractivity contribution in [2.45, 2.75) is 107 Å². The monoisotopic (exact) mass is 1360 g/mol. The average Bonchev–Trinajstić information content (AvgIpc) is 0.922. The second-order valence-electron chi connectivity index (χ2n) is 23.9. The molecule has 20 nitrogen and oxygen atoms in total. The zero-order valence-electron chi connectivity index (χ0n) is 50.9. The second kappa shape index (κ2) is 27.6. The Morgan fingerprint density at radius 3 is 1.91 bits per heavy atom. The van der Waals surface area contributed by atoms with Crippen molar-refractivity contribution in [2.75, 3.05) is 37.1 Å². The molecule has 0 aliphatic carbocycles. The first-order chi connectivity index (χ1) is 42.6. The average molecular weight is 1370 g/mol. The zero-order valence-corrected chi connectivity index (χ0v) is 55.7. The second-order valence-corrected chi connectivity index (χ2v) is 29.0. The molecule has 472 valence electrons. The largest absolute Gasteiger partial charge is 0.514 e. The lowest BCUT2D eigenvalue weighted by Gasteiger charge is -2.54. The van der Waals surface area contributed by atoms with Crippen molar-refractivity contribution in [3.8, 4) is 17.2 Å². The van der Waals surface area contributed by atoms with Crippen LogP contribution >= 0.6 is 62.1 Å². The normalized spacial score (nSPS) is 16.8. The Kier molecular flexibility index (Phi) is 20.4. The number of carbonyl (C=O) groups is 6. The SMILES string of the molecule is COc1ccc(COC(=O)C2(CSc3cc(=O)c4cc(OC(=O)OC(C)(C)C)c(OC(=O)OC(C)(C)C)c(Br)c4s3)CS[C@@H]3C(NC(=O)C(=NOCC(=O)OC(C)(C)C)c4csc(NC(c5ccccc5)(c5ccccc5)c5ccccc5)n4)C(=O)N3C2)cc1. The predicted molar refractivity (Wildman–Crippen MR) is 349 cm³/mol. The van der Waals surface area contributed by atoms with Gasteiger partial charge in [0.15, 0.2) is 27.8 Å². The lowest BCUT2D eigenvalue weighted by molar-refractivity contribution is -0.162. The number of thiazole rings is 1. The van der Waals surface area contributed by atoms with E-state index in [0.717, 1.165) is 28.0 Å². The number of thioether (sulfide) groups is 2. The molecule has 2 amide bonds. The highest BCUT2D eigenvalue weighted by molar-refractivity contribution is 9.10. The number of oxime groups is 1. The first-order valence-corrected chi connectivity index (χ1v) is 32.8. The molecule has 0 radical (unpaired) electrons. The summed E-state index contributed by atoms with van der Waals surface area (Å²) in [6, 6.07) is 38.2. The molecule has 9 rings (SSSR count). The van der Waals surface area contributed by atoms with Crippen molar-refractivity contribution >= 4 is 119 Å². The van der Waals surface area contributed by atoms with E-state index in [-0.39, 0.29) is 57.4 Å². The molecule has 0 bridgehead atoms. The number of ether oxygens (including phenoxy) is 7. The number of fused-ring (bicyclic) bond motifs is 2. The van der Waals surface area contributed by atoms with Crippen LogP contribution in [-0.2, 0) is 55.1 Å². The third kappa shape index (κ3) is 15.9. The van der Waals surface area contributed by atoms with Crippen molar-refractivity contribution in [3.05, 3.63) is 175 Å². The van der Waals surface area contributed by atoms with Crippen LogP contribution < -0.4 is 30.3 Å². The van der Waals surface area contributed by atoms with Crippen molar-refractivity contribution in [2.24, 2.45) is 10.6 Å². The van der Waals surface area contributed by atoms with Crippen LogP contribution in [0.4, 0.5) is 14.7 Å². The molecule has 2 unspecified atom stereocenters. The topological polar surface area (TPSA) is 246 Å². The van der Waals surface area contributed by atoms with Crippen LogP contribution in [0.1, 0.15) is 90.3 Å². The predicted octanol–water partition coefficient (Wildman–Crippen LogP) is 12.5. The number of hydrogen-bond acceptors (Lipinski definition) is 22. The van der Waals surface area contributed by atoms with Gasteiger partial charge in [-0.25, -0.2) is 19.4 Å². The van der Waals surface area contributed by atoms with Crippen LogP contribution in [0, 0.1) is 5.41 Å². The molecule has 0 saturated carbocycles. The highest BCUT2D eigenvalue weighted by Crippen LogP contribution is 2.48. The standard InChI is InChI=1S/C65H66BrN5O15S4/c1-61(2,3)84-47(73)33-81-70-50(44-34-87-58(67-44)69-65(39-20-14-11-15-21-39,40-22-16-12-17-23-40)41-24-18-13-19-25-41)54(74)68-51-55(75)71-35-64(37-89-56(51)71,57(76)80-32-38-26-28-42(79-10)29-27-38)36-88-48-31-45(72)43-30-46(82-59(77)85-62(4,5)6)52(49(66)53(43)90-48)83-60(78)86-63(7,8)9/h11-31,34,51,56H,32-33,35-37H2,1-10H3,(H,67,69)(H,68,74)/t51?,56-,64?/m1/s1. The van der Waals surface area contributed by atoms with Gasteiger partial charge in [0.05, 0.1) is 20.5 Å². The van der Waals surface area contributed by atoms with Gasteiger partial charge in [-0.15, -0.1) is 46.2 Å². The number of carbonyl (C=O) groups excluding carboxylic acids is 6. The molecule has 0 spiro atoms. The molecule has 2 aliphatic heterocycles. The molecule has 3 atom stereocenters. The molecule has 7 aromatic rings. The van der Waals surface area contributed by atoms with Gasteiger partial charge in [-0.2, -0.15) is 0 Å². The van der Waals surface area contributed by atoms with Gasteiger partial charge < -0.3 is 53.5 Å². The maximum atomic E-state index is 14.7. The maximum Gasteiger partial charge on any atom is 0.514 e. The summed E-state index contributed by atoms with van der Waals surface area (Å²) in [4.78, 5) is 109. The minimum Gasteiger partial charge on any atom is -0.497 e. The third-order valence-corrected chi connectivity index (χ3v) is 19.6. The van der Waals surface area contributed by atoms with Crippen LogP contribution in [0.5, 0.6) is 17.2 Å². The fourth-order valence-electron chi connectivity index (χ4n) is 9.59. The van der Waals surface area contributed by atoms with E-state index >= 15 is 0 Å². The first kappa shape index (κ1) is 66.4. The van der Waals surface area contributed by atoms with Gasteiger partial charge in [0.1, 0.15) is 57.2 Å². The van der Waals surface area contributed by atoms with E-state index in [1.807, 2.05) is 91.0 Å². The highest BCUT2D eigenvalue weighted by Gasteiger charge is 2.58. The smallest absolute Gasteiger partial charge is 0.497 e. The molecular weight excluding hydrogens is 1300 g/mol. The van der Waals surface area contributed by atoms with Crippen LogP contribution in [0.2, 0.25) is 0 Å². The molecule has 90 heavy (non-hydrogen) atoms. The zero-order chi connectivity index (χ0) is 64.8. The summed E-state index contributed by atoms with van der Waals surface area (Å²) in [6.45, 7) is 14.1. The van der Waals surface area contributed by atoms with E-state index in [4.69, 9.17) is 43.0 Å². The summed E-state index contributed by atoms with van der Waals surface area (Å²) in [6.07, 6.45) is -2.24. The quantitative estimate of drug-likeness (QED) is 0.0105. The number of rotatable bonds is 20. The van der Waals surface area contributed by atoms with Gasteiger partial charge >= 0.3 is 24.2 Å². The van der Waals surface area contributed by atoms with Crippen LogP contribution in [0.15, 0.2) is 151 Å². The number of β-lactam (4-membered cyclic amide) rings is 1. The molecule has 5 aromatic carbocycles. The van der Waals surface area contributed by atoms with Crippen molar-refractivity contribution in [1.82, 2.24) is 15.2 Å². The number of esters is 2. The number of methoxy groups -OCH3 is 1. The molecular formula is C65H66BrN5O15S4. The van der Waals surface area contributed by atoms with Gasteiger partial charge in [-0.05, 0) is 119 Å². The Labute approximate surface area is 544 Å². The summed E-state index contributed by atoms with van der Waals surface area (Å²) in [5, 5.41) is 12.2. The molecule has 2 aliphatic rings. The number of nitrogens with zero attached hydrogens (tertiary/aromatic N) is 3. The Hall–Kier alpha value is -7.97. The first-order valence-electron chi connectivity index (χ1n) is 28.2. The summed E-state index contributed by atoms with van der Waals surface area (Å²) < 4.78 is 39.6. The maximum absolute atomic E-state index is 14.7. The number of anilines is 1. The van der Waals surface area contributed by atoms with Gasteiger partial charge in [0, 0.05) is 34.9 Å². The lowest BCUT2D eigenvalue weighted by Crippen LogP contribution is -2.74. The Bertz CT molecular complexity index is 3790. The lowest BCUT2D eigenvalue weighted by atomic mass is 9.77. The van der Waals surface area contributed by atoms with Crippen molar-refractivity contribution in [3.63, 3.8) is 0 Å². The summed E-state index contributed by atoms with van der Waals surface area (Å²) in [5.74, 6) is -2.55.